The lowest BCUT2D eigenvalue weighted by Gasteiger charge is -2.29. The molecule has 1 aliphatic carbocycles. The summed E-state index contributed by atoms with van der Waals surface area (Å²) >= 11 is 0. The van der Waals surface area contributed by atoms with Crippen molar-refractivity contribution in [3.05, 3.63) is 47.8 Å². The van der Waals surface area contributed by atoms with Crippen molar-refractivity contribution in [1.29, 1.82) is 0 Å². The molecule has 3 rings (SSSR count). The zero-order valence-corrected chi connectivity index (χ0v) is 13.9. The number of aryl methyl sites for hydroxylation is 1. The molecule has 0 saturated heterocycles. The molecular formula is C19H25N3O. The summed E-state index contributed by atoms with van der Waals surface area (Å²) in [6.45, 7) is 2.45. The Morgan fingerprint density at radius 1 is 1.17 bits per heavy atom. The van der Waals surface area contributed by atoms with Gasteiger partial charge in [0.1, 0.15) is 11.4 Å². The fraction of sp³-hybridized carbons (Fsp3) is 0.421. The smallest absolute Gasteiger partial charge is 0.138 e. The van der Waals surface area contributed by atoms with Crippen LogP contribution < -0.4 is 10.2 Å². The molecule has 122 valence electrons. The van der Waals surface area contributed by atoms with Crippen LogP contribution in [0.3, 0.4) is 0 Å². The fourth-order valence-corrected chi connectivity index (χ4v) is 3.33. The highest BCUT2D eigenvalue weighted by Crippen LogP contribution is 2.32. The maximum Gasteiger partial charge on any atom is 0.138 e. The molecule has 4 heteroatoms. The monoisotopic (exact) mass is 311 g/mol. The fourth-order valence-electron chi connectivity index (χ4n) is 3.33. The van der Waals surface area contributed by atoms with Gasteiger partial charge in [0, 0.05) is 18.8 Å². The molecule has 1 aromatic heterocycles. The molecule has 0 radical (unpaired) electrons. The van der Waals surface area contributed by atoms with E-state index in [-0.39, 0.29) is 5.75 Å². The van der Waals surface area contributed by atoms with Crippen LogP contribution in [0.5, 0.6) is 5.75 Å². The normalized spacial score (nSPS) is 14.9. The Morgan fingerprint density at radius 3 is 2.70 bits per heavy atom. The molecule has 2 aromatic rings. The van der Waals surface area contributed by atoms with Crippen molar-refractivity contribution < 1.29 is 5.11 Å². The summed E-state index contributed by atoms with van der Waals surface area (Å²) in [7, 11) is 2.18. The summed E-state index contributed by atoms with van der Waals surface area (Å²) in [5.41, 5.74) is 3.90. The maximum absolute atomic E-state index is 9.95. The highest BCUT2D eigenvalue weighted by Gasteiger charge is 2.21. The summed E-state index contributed by atoms with van der Waals surface area (Å²) in [4.78, 5) is 6.80. The number of pyridine rings is 1. The van der Waals surface area contributed by atoms with Gasteiger partial charge in [0.25, 0.3) is 0 Å². The minimum Gasteiger partial charge on any atom is -0.506 e. The van der Waals surface area contributed by atoms with Gasteiger partial charge in [0.15, 0.2) is 0 Å². The van der Waals surface area contributed by atoms with Crippen molar-refractivity contribution in [3.63, 3.8) is 0 Å². The summed E-state index contributed by atoms with van der Waals surface area (Å²) in [6.07, 6.45) is 5.19. The molecule has 4 nitrogen and oxygen atoms in total. The zero-order valence-electron chi connectivity index (χ0n) is 13.9. The lowest BCUT2D eigenvalue weighted by Crippen LogP contribution is -2.29. The Morgan fingerprint density at radius 2 is 1.91 bits per heavy atom. The van der Waals surface area contributed by atoms with Crippen LogP contribution in [0, 0.1) is 6.92 Å². The molecule has 1 saturated carbocycles. The van der Waals surface area contributed by atoms with E-state index in [1.54, 1.807) is 6.07 Å². The molecule has 2 N–H and O–H groups in total. The van der Waals surface area contributed by atoms with Crippen molar-refractivity contribution in [1.82, 2.24) is 4.98 Å². The molecule has 1 aromatic carbocycles. The largest absolute Gasteiger partial charge is 0.506 e. The first kappa shape index (κ1) is 15.7. The predicted molar refractivity (Wildman–Crippen MR) is 95.1 cm³/mol. The molecule has 1 heterocycles. The van der Waals surface area contributed by atoms with Crippen molar-refractivity contribution in [2.24, 2.45) is 0 Å². The van der Waals surface area contributed by atoms with Crippen molar-refractivity contribution in [2.75, 3.05) is 17.3 Å². The van der Waals surface area contributed by atoms with Gasteiger partial charge in [-0.25, -0.2) is 0 Å². The first-order valence-electron chi connectivity index (χ1n) is 8.36. The molecule has 0 unspecified atom stereocenters. The van der Waals surface area contributed by atoms with Crippen LogP contribution in [0.2, 0.25) is 0 Å². The molecule has 0 spiro atoms. The number of aromatic nitrogens is 1. The third kappa shape index (κ3) is 3.58. The Balaban J connectivity index is 1.76. The Bertz CT molecular complexity index is 665. The number of para-hydroxylation sites is 2. The number of benzene rings is 1. The number of hydrogen-bond acceptors (Lipinski definition) is 4. The van der Waals surface area contributed by atoms with Crippen LogP contribution in [-0.2, 0) is 6.54 Å². The van der Waals surface area contributed by atoms with Crippen molar-refractivity contribution in [3.8, 4) is 5.75 Å². The van der Waals surface area contributed by atoms with E-state index < -0.39 is 0 Å². The average Bonchev–Trinajstić information content (AvgIpc) is 3.10. The van der Waals surface area contributed by atoms with Crippen LogP contribution in [0.25, 0.3) is 0 Å². The van der Waals surface area contributed by atoms with Crippen molar-refractivity contribution >= 4 is 11.4 Å². The van der Waals surface area contributed by atoms with Crippen LogP contribution in [0.1, 0.15) is 37.1 Å². The topological polar surface area (TPSA) is 48.4 Å². The Labute approximate surface area is 138 Å². The van der Waals surface area contributed by atoms with E-state index in [1.807, 2.05) is 19.1 Å². The number of nitrogens with one attached hydrogen (secondary N) is 1. The van der Waals surface area contributed by atoms with Crippen LogP contribution >= 0.6 is 0 Å². The predicted octanol–water partition coefficient (Wildman–Crippen LogP) is 4.09. The van der Waals surface area contributed by atoms with Gasteiger partial charge in [0.05, 0.1) is 17.9 Å². The van der Waals surface area contributed by atoms with E-state index in [1.165, 1.54) is 31.4 Å². The van der Waals surface area contributed by atoms with E-state index in [4.69, 9.17) is 0 Å². The molecule has 0 atom stereocenters. The van der Waals surface area contributed by atoms with E-state index in [0.717, 1.165) is 11.4 Å². The lowest BCUT2D eigenvalue weighted by molar-refractivity contribution is 0.464. The Hall–Kier alpha value is -2.23. The molecule has 0 aliphatic heterocycles. The standard InChI is InChI=1S/C19H25N3O/c1-14-11-12-19(23)17(21-14)13-20-16-9-5-6-10-18(16)22(2)15-7-3-4-8-15/h5-6,9-12,15,20,23H,3-4,7-8,13H2,1-2H3. The van der Waals surface area contributed by atoms with Crippen LogP contribution in [0.15, 0.2) is 36.4 Å². The second kappa shape index (κ2) is 6.90. The molecule has 23 heavy (non-hydrogen) atoms. The van der Waals surface area contributed by atoms with Crippen molar-refractivity contribution in [2.45, 2.75) is 45.2 Å². The van der Waals surface area contributed by atoms with Crippen LogP contribution in [0.4, 0.5) is 11.4 Å². The molecule has 1 fully saturated rings. The van der Waals surface area contributed by atoms with Crippen LogP contribution in [-0.4, -0.2) is 23.2 Å². The minimum atomic E-state index is 0.240. The Kier molecular flexibility index (Phi) is 4.70. The van der Waals surface area contributed by atoms with E-state index in [2.05, 4.69) is 40.4 Å². The third-order valence-corrected chi connectivity index (χ3v) is 4.69. The van der Waals surface area contributed by atoms with E-state index in [0.29, 0.717) is 18.3 Å². The highest BCUT2D eigenvalue weighted by molar-refractivity contribution is 5.70. The molecule has 0 amide bonds. The number of nitrogens with zero attached hydrogens (tertiary/aromatic N) is 2. The van der Waals surface area contributed by atoms with Gasteiger partial charge in [-0.05, 0) is 44.0 Å². The minimum absolute atomic E-state index is 0.240. The lowest BCUT2D eigenvalue weighted by atomic mass is 10.1. The zero-order chi connectivity index (χ0) is 16.2. The second-order valence-corrected chi connectivity index (χ2v) is 6.34. The van der Waals surface area contributed by atoms with Gasteiger partial charge in [-0.2, -0.15) is 0 Å². The number of anilines is 2. The van der Waals surface area contributed by atoms with Gasteiger partial charge in [-0.15, -0.1) is 0 Å². The van der Waals surface area contributed by atoms with Gasteiger partial charge in [0.2, 0.25) is 0 Å². The highest BCUT2D eigenvalue weighted by atomic mass is 16.3. The summed E-state index contributed by atoms with van der Waals surface area (Å²) in [5, 5.41) is 13.4. The number of aromatic hydroxyl groups is 1. The van der Waals surface area contributed by atoms with Gasteiger partial charge in [-0.1, -0.05) is 25.0 Å². The summed E-state index contributed by atoms with van der Waals surface area (Å²) in [6, 6.07) is 12.5. The molecule has 1 aliphatic rings. The SMILES string of the molecule is Cc1ccc(O)c(CNc2ccccc2N(C)C2CCCC2)n1. The summed E-state index contributed by atoms with van der Waals surface area (Å²) < 4.78 is 0. The number of rotatable bonds is 5. The van der Waals surface area contributed by atoms with E-state index >= 15 is 0 Å². The second-order valence-electron chi connectivity index (χ2n) is 6.34. The summed E-state index contributed by atoms with van der Waals surface area (Å²) in [5.74, 6) is 0.240. The third-order valence-electron chi connectivity index (χ3n) is 4.69. The van der Waals surface area contributed by atoms with E-state index in [9.17, 15) is 5.11 Å². The quantitative estimate of drug-likeness (QED) is 0.873. The first-order valence-corrected chi connectivity index (χ1v) is 8.36. The number of hydrogen-bond donors (Lipinski definition) is 2. The van der Waals surface area contributed by atoms with Gasteiger partial charge >= 0.3 is 0 Å². The first-order chi connectivity index (χ1) is 11.1. The van der Waals surface area contributed by atoms with Gasteiger partial charge < -0.3 is 15.3 Å². The molecular weight excluding hydrogens is 286 g/mol. The van der Waals surface area contributed by atoms with Gasteiger partial charge in [-0.3, -0.25) is 4.98 Å². The maximum atomic E-state index is 9.95. The molecule has 0 bridgehead atoms. The average molecular weight is 311 g/mol.